The lowest BCUT2D eigenvalue weighted by molar-refractivity contribution is -0.301. The van der Waals surface area contributed by atoms with Crippen LogP contribution in [0.1, 0.15) is 188 Å². The third-order valence-electron chi connectivity index (χ3n) is 11.7. The number of aliphatic hydroxyl groups is 2. The van der Waals surface area contributed by atoms with E-state index in [0.29, 0.717) is 25.7 Å². The Hall–Kier alpha value is -5.14. The largest absolute Gasteiger partial charge is 0.479 e. The first-order valence-electron chi connectivity index (χ1n) is 28.2. The molecule has 1 fully saturated rings. The number of carboxylic acid groups (broad SMARTS) is 1. The van der Waals surface area contributed by atoms with Gasteiger partial charge in [-0.3, -0.25) is 14.4 Å². The zero-order valence-corrected chi connectivity index (χ0v) is 46.0. The highest BCUT2D eigenvalue weighted by Crippen LogP contribution is 2.26. The number of aliphatic carboxylic acids is 1. The summed E-state index contributed by atoms with van der Waals surface area (Å²) in [5.74, 6) is -3.30. The Balaban J connectivity index is 2.80. The first-order valence-corrected chi connectivity index (χ1v) is 28.2. The van der Waals surface area contributed by atoms with Gasteiger partial charge in [-0.1, -0.05) is 180 Å². The average Bonchev–Trinajstić information content (AvgIpc) is 3.39. The third kappa shape index (κ3) is 39.9. The fourth-order valence-electron chi connectivity index (χ4n) is 7.43. The summed E-state index contributed by atoms with van der Waals surface area (Å²) in [4.78, 5) is 51.0. The molecule has 75 heavy (non-hydrogen) atoms. The van der Waals surface area contributed by atoms with E-state index in [0.717, 1.165) is 122 Å². The number of rotatable bonds is 45. The minimum absolute atomic E-state index is 0.0257. The molecule has 12 nitrogen and oxygen atoms in total. The molecule has 0 aromatic carbocycles. The van der Waals surface area contributed by atoms with E-state index >= 15 is 0 Å². The van der Waals surface area contributed by atoms with Crippen molar-refractivity contribution < 1.29 is 58.2 Å². The molecule has 0 saturated carbocycles. The van der Waals surface area contributed by atoms with Crippen molar-refractivity contribution in [1.82, 2.24) is 0 Å². The van der Waals surface area contributed by atoms with Crippen molar-refractivity contribution in [2.75, 3.05) is 13.2 Å². The average molecular weight is 1050 g/mol. The summed E-state index contributed by atoms with van der Waals surface area (Å²) < 4.78 is 28.2. The maximum Gasteiger partial charge on any atom is 0.335 e. The Kier molecular flexibility index (Phi) is 45.0. The third-order valence-corrected chi connectivity index (χ3v) is 11.7. The van der Waals surface area contributed by atoms with Crippen LogP contribution in [0, 0.1) is 0 Å². The Morgan fingerprint density at radius 3 is 1.35 bits per heavy atom. The van der Waals surface area contributed by atoms with Gasteiger partial charge in [0.05, 0.1) is 6.61 Å². The van der Waals surface area contributed by atoms with Crippen LogP contribution in [0.4, 0.5) is 0 Å². The number of unbranched alkanes of at least 4 members (excludes halogenated alkanes) is 9. The summed E-state index contributed by atoms with van der Waals surface area (Å²) in [5.41, 5.74) is 0. The molecule has 0 aromatic rings. The lowest BCUT2D eigenvalue weighted by Crippen LogP contribution is -2.61. The highest BCUT2D eigenvalue weighted by atomic mass is 16.7. The second-order valence-electron chi connectivity index (χ2n) is 18.4. The van der Waals surface area contributed by atoms with Gasteiger partial charge in [-0.05, 0) is 122 Å². The van der Waals surface area contributed by atoms with E-state index < -0.39 is 67.3 Å². The van der Waals surface area contributed by atoms with Crippen LogP contribution in [0.3, 0.4) is 0 Å². The molecule has 6 atom stereocenters. The van der Waals surface area contributed by atoms with E-state index in [1.54, 1.807) is 0 Å². The predicted octanol–water partition coefficient (Wildman–Crippen LogP) is 14.2. The maximum atomic E-state index is 13.1. The first kappa shape index (κ1) is 67.9. The molecule has 1 saturated heterocycles. The number of carbonyl (C=O) groups excluding carboxylic acids is 3. The fourth-order valence-corrected chi connectivity index (χ4v) is 7.43. The van der Waals surface area contributed by atoms with E-state index in [1.807, 2.05) is 12.2 Å². The Labute approximate surface area is 451 Å². The molecule has 6 unspecified atom stereocenters. The Morgan fingerprint density at radius 1 is 0.453 bits per heavy atom. The number of carboxylic acids is 1. The normalized spacial score (nSPS) is 19.2. The van der Waals surface area contributed by atoms with Crippen LogP contribution < -0.4 is 0 Å². The maximum absolute atomic E-state index is 13.1. The van der Waals surface area contributed by atoms with E-state index in [2.05, 4.69) is 142 Å². The molecule has 1 aliphatic rings. The van der Waals surface area contributed by atoms with Crippen LogP contribution >= 0.6 is 0 Å². The zero-order chi connectivity index (χ0) is 54.7. The second kappa shape index (κ2) is 49.7. The number of ether oxygens (including phenoxy) is 5. The van der Waals surface area contributed by atoms with Crippen LogP contribution in [-0.2, 0) is 42.9 Å². The molecule has 0 radical (unpaired) electrons. The molecule has 0 spiro atoms. The van der Waals surface area contributed by atoms with Crippen LogP contribution in [0.15, 0.2) is 134 Å². The van der Waals surface area contributed by atoms with Gasteiger partial charge in [0.2, 0.25) is 0 Å². The van der Waals surface area contributed by atoms with Gasteiger partial charge < -0.3 is 39.0 Å². The van der Waals surface area contributed by atoms with Gasteiger partial charge in [-0.2, -0.15) is 0 Å². The molecule has 12 heteroatoms. The molecule has 0 aliphatic carbocycles. The number of hydrogen-bond donors (Lipinski definition) is 3. The minimum Gasteiger partial charge on any atom is -0.479 e. The van der Waals surface area contributed by atoms with Crippen LogP contribution in [0.25, 0.3) is 0 Å². The van der Waals surface area contributed by atoms with Crippen LogP contribution in [0.5, 0.6) is 0 Å². The van der Waals surface area contributed by atoms with Gasteiger partial charge in [0.15, 0.2) is 24.6 Å². The molecule has 420 valence electrons. The standard InChI is InChI=1S/C63H96O12/c1-4-7-10-13-16-19-22-25-27-28-30-32-34-37-40-43-46-49-55(64)71-52-54(73-56(65)50-47-44-41-38-36-33-29-26-23-20-17-14-11-8-5-2)53-72-63-61(59(68)58(67)60(75-63)62(69)70)74-57(66)51-48-45-42-39-35-31-24-21-18-15-12-9-6-3/h7-8,10-12,15-17,19-21,24-27,29-30,32,36-38,40,54,58-61,63,67-68H,4-6,9,13-14,18,22-23,28,31,33-35,39,41-53H2,1-3H3,(H,69,70)/b10-7-,11-8-,15-12-,19-16-,20-17-,24-21-,27-25-,29-26-,32-30-,38-36-,40-37-. The minimum atomic E-state index is -1.93. The first-order chi connectivity index (χ1) is 36.6. The number of aliphatic hydroxyl groups excluding tert-OH is 2. The van der Waals surface area contributed by atoms with E-state index in [9.17, 15) is 34.5 Å². The van der Waals surface area contributed by atoms with Crippen molar-refractivity contribution in [3.05, 3.63) is 134 Å². The van der Waals surface area contributed by atoms with Crippen molar-refractivity contribution in [1.29, 1.82) is 0 Å². The van der Waals surface area contributed by atoms with Gasteiger partial charge >= 0.3 is 23.9 Å². The Bertz CT molecular complexity index is 1810. The van der Waals surface area contributed by atoms with Crippen molar-refractivity contribution >= 4 is 23.9 Å². The summed E-state index contributed by atoms with van der Waals surface area (Å²) in [5, 5.41) is 31.4. The summed E-state index contributed by atoms with van der Waals surface area (Å²) >= 11 is 0. The number of hydrogen-bond acceptors (Lipinski definition) is 11. The van der Waals surface area contributed by atoms with Gasteiger partial charge in [-0.25, -0.2) is 4.79 Å². The van der Waals surface area contributed by atoms with E-state index in [4.69, 9.17) is 23.7 Å². The Morgan fingerprint density at radius 2 is 0.853 bits per heavy atom. The van der Waals surface area contributed by atoms with Crippen molar-refractivity contribution in [2.45, 2.75) is 225 Å². The van der Waals surface area contributed by atoms with Crippen LogP contribution in [-0.4, -0.2) is 89.2 Å². The molecular formula is C63H96O12. The topological polar surface area (TPSA) is 175 Å². The second-order valence-corrected chi connectivity index (χ2v) is 18.4. The van der Waals surface area contributed by atoms with Gasteiger partial charge in [0.1, 0.15) is 18.8 Å². The lowest BCUT2D eigenvalue weighted by atomic mass is 9.98. The summed E-state index contributed by atoms with van der Waals surface area (Å²) in [6, 6.07) is 0. The smallest absolute Gasteiger partial charge is 0.335 e. The highest BCUT2D eigenvalue weighted by molar-refractivity contribution is 5.74. The van der Waals surface area contributed by atoms with Gasteiger partial charge in [-0.15, -0.1) is 0 Å². The summed E-state index contributed by atoms with van der Waals surface area (Å²) in [6.07, 6.45) is 57.2. The highest BCUT2D eigenvalue weighted by Gasteiger charge is 2.50. The molecule has 0 amide bonds. The predicted molar refractivity (Wildman–Crippen MR) is 303 cm³/mol. The lowest BCUT2D eigenvalue weighted by Gasteiger charge is -2.40. The summed E-state index contributed by atoms with van der Waals surface area (Å²) in [7, 11) is 0. The number of allylic oxidation sites excluding steroid dienone is 22. The summed E-state index contributed by atoms with van der Waals surface area (Å²) in [6.45, 7) is 5.57. The van der Waals surface area contributed by atoms with Gasteiger partial charge in [0, 0.05) is 19.3 Å². The number of carbonyl (C=O) groups is 4. The molecule has 1 heterocycles. The van der Waals surface area contributed by atoms with Crippen molar-refractivity contribution in [3.63, 3.8) is 0 Å². The molecule has 3 N–H and O–H groups in total. The van der Waals surface area contributed by atoms with E-state index in [-0.39, 0.29) is 25.9 Å². The zero-order valence-electron chi connectivity index (χ0n) is 46.0. The fraction of sp³-hybridized carbons (Fsp3) is 0.587. The van der Waals surface area contributed by atoms with Crippen molar-refractivity contribution in [2.24, 2.45) is 0 Å². The number of esters is 3. The molecule has 1 aliphatic heterocycles. The molecule has 0 aromatic heterocycles. The quantitative estimate of drug-likeness (QED) is 0.0228. The van der Waals surface area contributed by atoms with E-state index in [1.165, 1.54) is 0 Å². The monoisotopic (exact) mass is 1040 g/mol. The molecule has 0 bridgehead atoms. The SMILES string of the molecule is CC/C=C\C/C=C\C/C=C\C/C=C\C/C=C\CCCC(=O)OCC(COC1OC(C(=O)O)C(O)C(O)C1OC(=O)CCCCCCC/C=C\C/C=C\CCC)OC(=O)CCCC/C=C\C/C=C\C/C=C\C/C=C\CC. The van der Waals surface area contributed by atoms with Crippen LogP contribution in [0.2, 0.25) is 0 Å². The van der Waals surface area contributed by atoms with Gasteiger partial charge in [0.25, 0.3) is 0 Å². The molecule has 1 rings (SSSR count). The van der Waals surface area contributed by atoms with Crippen molar-refractivity contribution in [3.8, 4) is 0 Å². The molecular weight excluding hydrogens is 949 g/mol.